The minimum atomic E-state index is -3.45. The maximum atomic E-state index is 11.9. The minimum Gasteiger partial charge on any atom is -0.380 e. The average molecular weight is 279 g/mol. The van der Waals surface area contributed by atoms with E-state index in [4.69, 9.17) is 0 Å². The van der Waals surface area contributed by atoms with Crippen molar-refractivity contribution in [2.45, 2.75) is 11.4 Å². The van der Waals surface area contributed by atoms with Crippen LogP contribution in [-0.2, 0) is 23.6 Å². The van der Waals surface area contributed by atoms with Crippen molar-refractivity contribution >= 4 is 15.7 Å². The lowest BCUT2D eigenvalue weighted by atomic mass is 10.3. The van der Waals surface area contributed by atoms with E-state index in [9.17, 15) is 8.42 Å². The molecule has 2 N–H and O–H groups in total. The first kappa shape index (κ1) is 13.6. The molecule has 1 heterocycles. The number of para-hydroxylation sites is 1. The number of nitrogens with zero attached hydrogens (tertiary/aromatic N) is 1. The van der Waals surface area contributed by atoms with Gasteiger partial charge in [0.2, 0.25) is 10.0 Å². The van der Waals surface area contributed by atoms with E-state index in [-0.39, 0.29) is 4.90 Å². The highest BCUT2D eigenvalue weighted by atomic mass is 32.2. The molecule has 0 bridgehead atoms. The summed E-state index contributed by atoms with van der Waals surface area (Å²) < 4.78 is 28.0. The van der Waals surface area contributed by atoms with Gasteiger partial charge in [0.1, 0.15) is 4.90 Å². The Kier molecular flexibility index (Phi) is 3.92. The number of sulfonamides is 1. The molecule has 0 amide bonds. The van der Waals surface area contributed by atoms with Crippen LogP contribution in [0, 0.1) is 0 Å². The van der Waals surface area contributed by atoms with Crippen LogP contribution < -0.4 is 10.0 Å². The van der Waals surface area contributed by atoms with Crippen molar-refractivity contribution in [1.29, 1.82) is 0 Å². The summed E-state index contributed by atoms with van der Waals surface area (Å²) in [4.78, 5) is 0.258. The van der Waals surface area contributed by atoms with Gasteiger partial charge in [-0.3, -0.25) is 0 Å². The molecular weight excluding hydrogens is 262 g/mol. The Balaban J connectivity index is 2.21. The van der Waals surface area contributed by atoms with Gasteiger partial charge >= 0.3 is 0 Å². The number of anilines is 1. The Bertz CT molecular complexity index is 662. The quantitative estimate of drug-likeness (QED) is 0.873. The molecule has 1 aromatic carbocycles. The fourth-order valence-corrected chi connectivity index (χ4v) is 2.73. The normalized spacial score (nSPS) is 11.5. The monoisotopic (exact) mass is 279 g/mol. The van der Waals surface area contributed by atoms with Crippen LogP contribution >= 0.6 is 0 Å². The lowest BCUT2D eigenvalue weighted by Gasteiger charge is -2.11. The molecule has 0 aliphatic carbocycles. The van der Waals surface area contributed by atoms with Crippen molar-refractivity contribution in [2.24, 2.45) is 7.05 Å². The molecule has 5 nitrogen and oxygen atoms in total. The molecule has 0 atom stereocenters. The van der Waals surface area contributed by atoms with Crippen LogP contribution in [0.1, 0.15) is 5.56 Å². The molecule has 0 fully saturated rings. The van der Waals surface area contributed by atoms with Crippen molar-refractivity contribution < 1.29 is 8.42 Å². The Morgan fingerprint density at radius 2 is 1.95 bits per heavy atom. The maximum Gasteiger partial charge on any atom is 0.242 e. The Morgan fingerprint density at radius 3 is 2.58 bits per heavy atom. The second-order valence-corrected chi connectivity index (χ2v) is 6.10. The summed E-state index contributed by atoms with van der Waals surface area (Å²) in [5, 5.41) is 3.15. The lowest BCUT2D eigenvalue weighted by molar-refractivity contribution is 0.588. The van der Waals surface area contributed by atoms with E-state index in [1.165, 1.54) is 7.05 Å². The third-order valence-corrected chi connectivity index (χ3v) is 4.29. The Morgan fingerprint density at radius 1 is 1.21 bits per heavy atom. The zero-order chi connectivity index (χ0) is 13.9. The summed E-state index contributed by atoms with van der Waals surface area (Å²) in [6.45, 7) is 0.580. The minimum absolute atomic E-state index is 0.258. The number of aryl methyl sites for hydroxylation is 1. The molecule has 0 aliphatic rings. The van der Waals surface area contributed by atoms with Gasteiger partial charge < -0.3 is 9.88 Å². The molecule has 19 heavy (non-hydrogen) atoms. The van der Waals surface area contributed by atoms with Crippen molar-refractivity contribution in [3.05, 3.63) is 48.3 Å². The lowest BCUT2D eigenvalue weighted by Crippen LogP contribution is -2.20. The average Bonchev–Trinajstić information content (AvgIpc) is 2.82. The van der Waals surface area contributed by atoms with Gasteiger partial charge in [-0.25, -0.2) is 13.1 Å². The van der Waals surface area contributed by atoms with Crippen molar-refractivity contribution in [3.63, 3.8) is 0 Å². The molecule has 1 aromatic heterocycles. The second-order valence-electron chi connectivity index (χ2n) is 4.24. The molecule has 0 saturated heterocycles. The first-order valence-corrected chi connectivity index (χ1v) is 7.38. The first-order valence-electron chi connectivity index (χ1n) is 5.90. The number of hydrogen-bond donors (Lipinski definition) is 2. The van der Waals surface area contributed by atoms with Gasteiger partial charge in [0, 0.05) is 26.0 Å². The summed E-state index contributed by atoms with van der Waals surface area (Å²) in [6.07, 6.45) is 3.94. The Labute approximate surface area is 113 Å². The van der Waals surface area contributed by atoms with E-state index in [0.717, 1.165) is 5.56 Å². The van der Waals surface area contributed by atoms with Crippen molar-refractivity contribution in [2.75, 3.05) is 12.4 Å². The third-order valence-electron chi connectivity index (χ3n) is 2.82. The smallest absolute Gasteiger partial charge is 0.242 e. The van der Waals surface area contributed by atoms with Gasteiger partial charge in [0.25, 0.3) is 0 Å². The first-order chi connectivity index (χ1) is 9.03. The van der Waals surface area contributed by atoms with Crippen LogP contribution in [0.3, 0.4) is 0 Å². The topological polar surface area (TPSA) is 63.1 Å². The molecule has 0 spiro atoms. The zero-order valence-electron chi connectivity index (χ0n) is 10.9. The highest BCUT2D eigenvalue weighted by Gasteiger charge is 2.15. The van der Waals surface area contributed by atoms with Gasteiger partial charge in [-0.05, 0) is 30.8 Å². The van der Waals surface area contributed by atoms with Crippen LogP contribution in [0.5, 0.6) is 0 Å². The summed E-state index contributed by atoms with van der Waals surface area (Å²) in [5.74, 6) is 0. The largest absolute Gasteiger partial charge is 0.380 e. The number of benzene rings is 1. The standard InChI is InChI=1S/C13H17N3O2S/c1-14-19(17,18)13-6-4-3-5-12(13)15-9-11-7-8-16(2)10-11/h3-8,10,14-15H,9H2,1-2H3. The molecule has 0 unspecified atom stereocenters. The van der Waals surface area contributed by atoms with E-state index in [2.05, 4.69) is 10.0 Å². The number of aromatic nitrogens is 1. The zero-order valence-corrected chi connectivity index (χ0v) is 11.7. The summed E-state index contributed by atoms with van der Waals surface area (Å²) in [6, 6.07) is 8.84. The van der Waals surface area contributed by atoms with Gasteiger partial charge in [0.15, 0.2) is 0 Å². The van der Waals surface area contributed by atoms with Crippen LogP contribution in [-0.4, -0.2) is 20.0 Å². The van der Waals surface area contributed by atoms with Crippen molar-refractivity contribution in [1.82, 2.24) is 9.29 Å². The molecular formula is C13H17N3O2S. The number of rotatable bonds is 5. The van der Waals surface area contributed by atoms with E-state index in [0.29, 0.717) is 12.2 Å². The van der Waals surface area contributed by atoms with E-state index < -0.39 is 10.0 Å². The van der Waals surface area contributed by atoms with Crippen LogP contribution in [0.25, 0.3) is 0 Å². The fourth-order valence-electron chi connectivity index (χ4n) is 1.82. The molecule has 102 valence electrons. The van der Waals surface area contributed by atoms with E-state index in [1.54, 1.807) is 18.2 Å². The van der Waals surface area contributed by atoms with Gasteiger partial charge in [-0.15, -0.1) is 0 Å². The molecule has 2 rings (SSSR count). The molecule has 6 heteroatoms. The molecule has 0 saturated carbocycles. The summed E-state index contributed by atoms with van der Waals surface area (Å²) in [5.41, 5.74) is 1.69. The molecule has 0 aliphatic heterocycles. The highest BCUT2D eigenvalue weighted by molar-refractivity contribution is 7.89. The van der Waals surface area contributed by atoms with Crippen LogP contribution in [0.15, 0.2) is 47.6 Å². The van der Waals surface area contributed by atoms with E-state index >= 15 is 0 Å². The Hall–Kier alpha value is -1.79. The van der Waals surface area contributed by atoms with Crippen LogP contribution in [0.4, 0.5) is 5.69 Å². The number of nitrogens with one attached hydrogen (secondary N) is 2. The van der Waals surface area contributed by atoms with Crippen LogP contribution in [0.2, 0.25) is 0 Å². The molecule has 0 radical (unpaired) electrons. The van der Waals surface area contributed by atoms with E-state index in [1.807, 2.05) is 36.1 Å². The fraction of sp³-hybridized carbons (Fsp3) is 0.231. The molecule has 2 aromatic rings. The van der Waals surface area contributed by atoms with Gasteiger partial charge in [0.05, 0.1) is 5.69 Å². The summed E-state index contributed by atoms with van der Waals surface area (Å²) >= 11 is 0. The SMILES string of the molecule is CNS(=O)(=O)c1ccccc1NCc1ccn(C)c1. The predicted molar refractivity (Wildman–Crippen MR) is 75.4 cm³/mol. The summed E-state index contributed by atoms with van der Waals surface area (Å²) in [7, 11) is -0.0923. The predicted octanol–water partition coefficient (Wildman–Crippen LogP) is 1.55. The van der Waals surface area contributed by atoms with Crippen molar-refractivity contribution in [3.8, 4) is 0 Å². The maximum absolute atomic E-state index is 11.9. The van der Waals surface area contributed by atoms with Gasteiger partial charge in [-0.2, -0.15) is 0 Å². The second kappa shape index (κ2) is 5.46. The van der Waals surface area contributed by atoms with Gasteiger partial charge in [-0.1, -0.05) is 12.1 Å². The highest BCUT2D eigenvalue weighted by Crippen LogP contribution is 2.21. The third kappa shape index (κ3) is 3.15. The number of hydrogen-bond acceptors (Lipinski definition) is 3.